The van der Waals surface area contributed by atoms with Crippen LogP contribution in [0.25, 0.3) is 0 Å². The summed E-state index contributed by atoms with van der Waals surface area (Å²) in [5, 5.41) is 0. The first kappa shape index (κ1) is 13.9. The van der Waals surface area contributed by atoms with E-state index >= 15 is 0 Å². The maximum Gasteiger partial charge on any atom is 0.360 e. The van der Waals surface area contributed by atoms with Crippen LogP contribution in [0.15, 0.2) is 6.33 Å². The Bertz CT molecular complexity index is 424. The number of ether oxygens (including phenoxy) is 1. The number of hydrogen-bond donors (Lipinski definition) is 1. The maximum absolute atomic E-state index is 11.6. The lowest BCUT2D eigenvalue weighted by Crippen LogP contribution is -2.21. The SMILES string of the molecule is CCOC(=O)c1ncn(CCCN2CCCC2)c1N. The third kappa shape index (κ3) is 3.47. The van der Waals surface area contributed by atoms with Crippen LogP contribution in [0.3, 0.4) is 0 Å². The first-order valence-electron chi connectivity index (χ1n) is 6.92. The number of nitrogens with zero attached hydrogens (tertiary/aromatic N) is 3. The van der Waals surface area contributed by atoms with E-state index in [-0.39, 0.29) is 5.69 Å². The lowest BCUT2D eigenvalue weighted by atomic mass is 10.3. The van der Waals surface area contributed by atoms with Crippen LogP contribution in [0, 0.1) is 0 Å². The molecule has 1 aliphatic rings. The smallest absolute Gasteiger partial charge is 0.360 e. The number of rotatable bonds is 6. The molecule has 0 bridgehead atoms. The van der Waals surface area contributed by atoms with Crippen LogP contribution in [-0.2, 0) is 11.3 Å². The molecule has 1 saturated heterocycles. The highest BCUT2D eigenvalue weighted by Gasteiger charge is 2.17. The van der Waals surface area contributed by atoms with Gasteiger partial charge in [-0.2, -0.15) is 0 Å². The number of aromatic nitrogens is 2. The standard InChI is InChI=1S/C13H22N4O2/c1-2-19-13(18)11-12(14)17(10-15-11)9-5-8-16-6-3-4-7-16/h10H,2-9,14H2,1H3. The highest BCUT2D eigenvalue weighted by molar-refractivity contribution is 5.92. The Morgan fingerprint density at radius 3 is 2.84 bits per heavy atom. The van der Waals surface area contributed by atoms with Crippen molar-refractivity contribution in [1.82, 2.24) is 14.5 Å². The van der Waals surface area contributed by atoms with Crippen molar-refractivity contribution in [3.8, 4) is 0 Å². The average Bonchev–Trinajstić information content (AvgIpc) is 3.01. The average molecular weight is 266 g/mol. The molecule has 2 heterocycles. The predicted molar refractivity (Wildman–Crippen MR) is 72.9 cm³/mol. The number of esters is 1. The summed E-state index contributed by atoms with van der Waals surface area (Å²) in [7, 11) is 0. The molecule has 1 aromatic rings. The topological polar surface area (TPSA) is 73.4 Å². The molecule has 6 nitrogen and oxygen atoms in total. The molecule has 2 N–H and O–H groups in total. The number of likely N-dealkylation sites (tertiary alicyclic amines) is 1. The Morgan fingerprint density at radius 1 is 1.42 bits per heavy atom. The fourth-order valence-corrected chi connectivity index (χ4v) is 2.40. The molecule has 0 aliphatic carbocycles. The van der Waals surface area contributed by atoms with Gasteiger partial charge in [0.15, 0.2) is 5.69 Å². The van der Waals surface area contributed by atoms with E-state index < -0.39 is 5.97 Å². The summed E-state index contributed by atoms with van der Waals surface area (Å²) in [5.74, 6) is -0.0434. The maximum atomic E-state index is 11.6. The van der Waals surface area contributed by atoms with Crippen molar-refractivity contribution < 1.29 is 9.53 Å². The van der Waals surface area contributed by atoms with E-state index in [4.69, 9.17) is 10.5 Å². The molecule has 106 valence electrons. The summed E-state index contributed by atoms with van der Waals surface area (Å²) >= 11 is 0. The van der Waals surface area contributed by atoms with E-state index in [1.807, 2.05) is 4.57 Å². The zero-order chi connectivity index (χ0) is 13.7. The van der Waals surface area contributed by atoms with Gasteiger partial charge in [0, 0.05) is 6.54 Å². The Balaban J connectivity index is 1.85. The molecule has 0 unspecified atom stereocenters. The van der Waals surface area contributed by atoms with E-state index in [0.29, 0.717) is 12.4 Å². The zero-order valence-corrected chi connectivity index (χ0v) is 11.5. The highest BCUT2D eigenvalue weighted by Crippen LogP contribution is 2.13. The molecule has 6 heteroatoms. The summed E-state index contributed by atoms with van der Waals surface area (Å²) in [4.78, 5) is 18.1. The Kier molecular flexibility index (Phi) is 4.79. The van der Waals surface area contributed by atoms with Gasteiger partial charge in [-0.15, -0.1) is 0 Å². The van der Waals surface area contributed by atoms with Crippen LogP contribution in [0.1, 0.15) is 36.7 Å². The number of hydrogen-bond acceptors (Lipinski definition) is 5. The van der Waals surface area contributed by atoms with Crippen LogP contribution >= 0.6 is 0 Å². The Labute approximate surface area is 113 Å². The zero-order valence-electron chi connectivity index (χ0n) is 11.5. The first-order chi connectivity index (χ1) is 9.22. The van der Waals surface area contributed by atoms with Crippen molar-refractivity contribution in [1.29, 1.82) is 0 Å². The van der Waals surface area contributed by atoms with Gasteiger partial charge in [-0.1, -0.05) is 0 Å². The van der Waals surface area contributed by atoms with Gasteiger partial charge < -0.3 is 19.9 Å². The first-order valence-corrected chi connectivity index (χ1v) is 6.92. The predicted octanol–water partition coefficient (Wildman–Crippen LogP) is 1.13. The van der Waals surface area contributed by atoms with E-state index in [9.17, 15) is 4.79 Å². The van der Waals surface area contributed by atoms with Gasteiger partial charge in [0.25, 0.3) is 0 Å². The van der Waals surface area contributed by atoms with Gasteiger partial charge in [-0.3, -0.25) is 0 Å². The van der Waals surface area contributed by atoms with Gasteiger partial charge in [0.05, 0.1) is 12.9 Å². The molecule has 1 fully saturated rings. The van der Waals surface area contributed by atoms with Crippen LogP contribution < -0.4 is 5.73 Å². The number of nitrogen functional groups attached to an aromatic ring is 1. The number of anilines is 1. The lowest BCUT2D eigenvalue weighted by molar-refractivity contribution is 0.0521. The second kappa shape index (κ2) is 6.56. The summed E-state index contributed by atoms with van der Waals surface area (Å²) in [6.07, 6.45) is 5.24. The summed E-state index contributed by atoms with van der Waals surface area (Å²) < 4.78 is 6.73. The molecule has 0 radical (unpaired) electrons. The minimum Gasteiger partial charge on any atom is -0.461 e. The molecular weight excluding hydrogens is 244 g/mol. The van der Waals surface area contributed by atoms with Gasteiger partial charge >= 0.3 is 5.97 Å². The van der Waals surface area contributed by atoms with Crippen molar-refractivity contribution in [2.45, 2.75) is 32.7 Å². The van der Waals surface area contributed by atoms with Crippen molar-refractivity contribution in [3.05, 3.63) is 12.0 Å². The molecule has 1 aliphatic heterocycles. The third-order valence-electron chi connectivity index (χ3n) is 3.42. The van der Waals surface area contributed by atoms with Crippen LogP contribution in [0.5, 0.6) is 0 Å². The van der Waals surface area contributed by atoms with Crippen molar-refractivity contribution >= 4 is 11.8 Å². The molecule has 0 aromatic carbocycles. The van der Waals surface area contributed by atoms with E-state index in [2.05, 4.69) is 9.88 Å². The van der Waals surface area contributed by atoms with Crippen LogP contribution in [0.2, 0.25) is 0 Å². The summed E-state index contributed by atoms with van der Waals surface area (Å²) in [5.41, 5.74) is 6.14. The fourth-order valence-electron chi connectivity index (χ4n) is 2.40. The monoisotopic (exact) mass is 266 g/mol. The highest BCUT2D eigenvalue weighted by atomic mass is 16.5. The molecule has 0 spiro atoms. The Hall–Kier alpha value is -1.56. The van der Waals surface area contributed by atoms with Crippen molar-refractivity contribution in [2.75, 3.05) is 32.0 Å². The minimum absolute atomic E-state index is 0.225. The van der Waals surface area contributed by atoms with Crippen molar-refractivity contribution in [3.63, 3.8) is 0 Å². The van der Waals surface area contributed by atoms with Gasteiger partial charge in [-0.05, 0) is 45.8 Å². The molecule has 2 rings (SSSR count). The minimum atomic E-state index is -0.446. The lowest BCUT2D eigenvalue weighted by Gasteiger charge is -2.14. The number of imidazole rings is 1. The molecule has 19 heavy (non-hydrogen) atoms. The third-order valence-corrected chi connectivity index (χ3v) is 3.42. The molecule has 0 atom stereocenters. The van der Waals surface area contributed by atoms with Gasteiger partial charge in [0.1, 0.15) is 5.82 Å². The molecule has 1 aromatic heterocycles. The van der Waals surface area contributed by atoms with Gasteiger partial charge in [0.2, 0.25) is 0 Å². The quantitative estimate of drug-likeness (QED) is 0.781. The largest absolute Gasteiger partial charge is 0.461 e. The second-order valence-electron chi connectivity index (χ2n) is 4.79. The number of nitrogens with two attached hydrogens (primary N) is 1. The van der Waals surface area contributed by atoms with E-state index in [1.165, 1.54) is 25.9 Å². The Morgan fingerprint density at radius 2 is 2.16 bits per heavy atom. The van der Waals surface area contributed by atoms with E-state index in [0.717, 1.165) is 19.5 Å². The molecule has 0 saturated carbocycles. The van der Waals surface area contributed by atoms with Crippen LogP contribution in [-0.4, -0.2) is 46.7 Å². The number of carbonyl (C=O) groups is 1. The number of aryl methyl sites for hydroxylation is 1. The molecule has 0 amide bonds. The van der Waals surface area contributed by atoms with Crippen LogP contribution in [0.4, 0.5) is 5.82 Å². The van der Waals surface area contributed by atoms with Crippen molar-refractivity contribution in [2.24, 2.45) is 0 Å². The number of carbonyl (C=O) groups excluding carboxylic acids is 1. The second-order valence-corrected chi connectivity index (χ2v) is 4.79. The normalized spacial score (nSPS) is 15.8. The van der Waals surface area contributed by atoms with Gasteiger partial charge in [-0.25, -0.2) is 9.78 Å². The fraction of sp³-hybridized carbons (Fsp3) is 0.692. The summed E-state index contributed by atoms with van der Waals surface area (Å²) in [6.45, 7) is 6.36. The summed E-state index contributed by atoms with van der Waals surface area (Å²) in [6, 6.07) is 0. The molecular formula is C13H22N4O2. The van der Waals surface area contributed by atoms with E-state index in [1.54, 1.807) is 13.3 Å².